The maximum absolute atomic E-state index is 11.4. The van der Waals surface area contributed by atoms with Gasteiger partial charge in [0, 0.05) is 13.2 Å². The van der Waals surface area contributed by atoms with Gasteiger partial charge >= 0.3 is 5.97 Å². The van der Waals surface area contributed by atoms with Crippen LogP contribution in [0, 0.1) is 5.92 Å². The number of nitrogens with one attached hydrogen (secondary N) is 1. The van der Waals surface area contributed by atoms with Crippen LogP contribution in [0.25, 0.3) is 0 Å². The van der Waals surface area contributed by atoms with E-state index in [1.165, 1.54) is 7.11 Å². The first-order valence-electron chi connectivity index (χ1n) is 6.34. The number of rotatable bonds is 7. The molecule has 0 unspecified atom stereocenters. The van der Waals surface area contributed by atoms with Crippen LogP contribution in [0.1, 0.15) is 24.2 Å². The molecule has 1 aromatic carbocycles. The minimum absolute atomic E-state index is 0.376. The van der Waals surface area contributed by atoms with Crippen LogP contribution in [0.3, 0.4) is 0 Å². The van der Waals surface area contributed by atoms with Crippen LogP contribution in [-0.2, 0) is 9.47 Å². The molecule has 5 nitrogen and oxygen atoms in total. The highest BCUT2D eigenvalue weighted by Gasteiger charge is 2.08. The molecular formula is C14H22N2O3. The predicted octanol–water partition coefficient (Wildman–Crippen LogP) is 2.14. The second-order valence-electron chi connectivity index (χ2n) is 4.69. The number of hydrogen-bond acceptors (Lipinski definition) is 5. The Morgan fingerprint density at radius 2 is 2.16 bits per heavy atom. The monoisotopic (exact) mass is 266 g/mol. The Balaban J connectivity index is 2.50. The summed E-state index contributed by atoms with van der Waals surface area (Å²) in [5, 5.41) is 3.15. The minimum Gasteiger partial charge on any atom is -0.465 e. The van der Waals surface area contributed by atoms with Gasteiger partial charge in [-0.2, -0.15) is 0 Å². The van der Waals surface area contributed by atoms with Gasteiger partial charge in [-0.1, -0.05) is 13.8 Å². The fraction of sp³-hybridized carbons (Fsp3) is 0.500. The molecule has 0 bridgehead atoms. The Hall–Kier alpha value is -1.75. The molecule has 5 heteroatoms. The largest absolute Gasteiger partial charge is 0.465 e. The molecule has 1 aromatic rings. The molecule has 0 aliphatic rings. The van der Waals surface area contributed by atoms with E-state index in [-0.39, 0.29) is 5.97 Å². The van der Waals surface area contributed by atoms with E-state index in [1.807, 2.05) is 0 Å². The highest BCUT2D eigenvalue weighted by molar-refractivity contribution is 5.91. The number of anilines is 2. The normalized spacial score (nSPS) is 10.5. The zero-order valence-corrected chi connectivity index (χ0v) is 11.7. The summed E-state index contributed by atoms with van der Waals surface area (Å²) >= 11 is 0. The van der Waals surface area contributed by atoms with Crippen LogP contribution in [-0.4, -0.2) is 32.8 Å². The molecule has 0 aliphatic carbocycles. The van der Waals surface area contributed by atoms with Crippen molar-refractivity contribution in [3.05, 3.63) is 23.8 Å². The third-order valence-corrected chi connectivity index (χ3v) is 2.49. The number of hydrogen-bond donors (Lipinski definition) is 2. The summed E-state index contributed by atoms with van der Waals surface area (Å²) in [6.07, 6.45) is 0. The molecule has 0 saturated carbocycles. The van der Waals surface area contributed by atoms with Crippen molar-refractivity contribution < 1.29 is 14.3 Å². The predicted molar refractivity (Wildman–Crippen MR) is 76.3 cm³/mol. The van der Waals surface area contributed by atoms with Crippen molar-refractivity contribution in [3.63, 3.8) is 0 Å². The molecule has 106 valence electrons. The van der Waals surface area contributed by atoms with E-state index >= 15 is 0 Å². The maximum Gasteiger partial charge on any atom is 0.337 e. The smallest absolute Gasteiger partial charge is 0.337 e. The van der Waals surface area contributed by atoms with E-state index in [1.54, 1.807) is 18.2 Å². The zero-order chi connectivity index (χ0) is 14.3. The van der Waals surface area contributed by atoms with Crippen molar-refractivity contribution in [1.29, 1.82) is 0 Å². The first-order chi connectivity index (χ1) is 9.04. The van der Waals surface area contributed by atoms with Crippen molar-refractivity contribution in [2.75, 3.05) is 37.9 Å². The molecular weight excluding hydrogens is 244 g/mol. The van der Waals surface area contributed by atoms with Crippen molar-refractivity contribution in [3.8, 4) is 0 Å². The van der Waals surface area contributed by atoms with Crippen molar-refractivity contribution in [2.45, 2.75) is 13.8 Å². The molecule has 0 radical (unpaired) electrons. The molecule has 19 heavy (non-hydrogen) atoms. The Morgan fingerprint density at radius 1 is 1.42 bits per heavy atom. The van der Waals surface area contributed by atoms with Crippen LogP contribution >= 0.6 is 0 Å². The Bertz CT molecular complexity index is 419. The molecule has 0 aromatic heterocycles. The van der Waals surface area contributed by atoms with Gasteiger partial charge in [0.2, 0.25) is 0 Å². The second-order valence-corrected chi connectivity index (χ2v) is 4.69. The molecule has 0 atom stereocenters. The number of carbonyl (C=O) groups is 1. The van der Waals surface area contributed by atoms with E-state index in [4.69, 9.17) is 10.5 Å². The molecule has 0 spiro atoms. The summed E-state index contributed by atoms with van der Waals surface area (Å²) in [5.41, 5.74) is 7.63. The summed E-state index contributed by atoms with van der Waals surface area (Å²) in [6.45, 7) is 6.18. The van der Waals surface area contributed by atoms with E-state index in [0.29, 0.717) is 30.3 Å². The number of ether oxygens (including phenoxy) is 2. The topological polar surface area (TPSA) is 73.6 Å². The van der Waals surface area contributed by atoms with Gasteiger partial charge in [0.1, 0.15) is 0 Å². The van der Waals surface area contributed by atoms with Gasteiger partial charge < -0.3 is 20.5 Å². The number of carbonyl (C=O) groups excluding carboxylic acids is 1. The van der Waals surface area contributed by atoms with Gasteiger partial charge in [-0.15, -0.1) is 0 Å². The molecule has 0 amide bonds. The molecule has 0 aliphatic heterocycles. The molecule has 3 N–H and O–H groups in total. The maximum atomic E-state index is 11.4. The first kappa shape index (κ1) is 15.3. The average Bonchev–Trinajstić information content (AvgIpc) is 2.39. The number of nitrogens with two attached hydrogens (primary N) is 1. The number of esters is 1. The Morgan fingerprint density at radius 3 is 2.79 bits per heavy atom. The van der Waals surface area contributed by atoms with Crippen LogP contribution < -0.4 is 11.1 Å². The number of methoxy groups -OCH3 is 1. The highest BCUT2D eigenvalue weighted by atomic mass is 16.5. The number of benzene rings is 1. The lowest BCUT2D eigenvalue weighted by atomic mass is 10.1. The lowest BCUT2D eigenvalue weighted by Gasteiger charge is -2.11. The van der Waals surface area contributed by atoms with Gasteiger partial charge in [-0.25, -0.2) is 4.79 Å². The first-order valence-corrected chi connectivity index (χ1v) is 6.34. The van der Waals surface area contributed by atoms with Gasteiger partial charge in [-0.05, 0) is 24.1 Å². The summed E-state index contributed by atoms with van der Waals surface area (Å²) in [6, 6.07) is 5.01. The standard InChI is InChI=1S/C14H22N2O3/c1-10(2)9-19-7-6-16-13-8-11(14(17)18-3)4-5-12(13)15/h4-5,8,10,16H,6-7,9,15H2,1-3H3. The van der Waals surface area contributed by atoms with E-state index in [2.05, 4.69) is 23.9 Å². The van der Waals surface area contributed by atoms with Crippen LogP contribution in [0.15, 0.2) is 18.2 Å². The Labute approximate surface area is 114 Å². The third-order valence-electron chi connectivity index (χ3n) is 2.49. The van der Waals surface area contributed by atoms with E-state index in [9.17, 15) is 4.79 Å². The molecule has 0 saturated heterocycles. The fourth-order valence-corrected chi connectivity index (χ4v) is 1.53. The quantitative estimate of drug-likeness (QED) is 0.449. The Kier molecular flexibility index (Phi) is 6.15. The van der Waals surface area contributed by atoms with Crippen LogP contribution in [0.4, 0.5) is 11.4 Å². The lowest BCUT2D eigenvalue weighted by molar-refractivity contribution is 0.0601. The van der Waals surface area contributed by atoms with Crippen LogP contribution in [0.2, 0.25) is 0 Å². The van der Waals surface area contributed by atoms with Crippen molar-refractivity contribution in [2.24, 2.45) is 5.92 Å². The number of nitrogen functional groups attached to an aromatic ring is 1. The molecule has 1 rings (SSSR count). The molecule has 0 heterocycles. The summed E-state index contributed by atoms with van der Waals surface area (Å²) in [7, 11) is 1.35. The van der Waals surface area contributed by atoms with Crippen LogP contribution in [0.5, 0.6) is 0 Å². The summed E-state index contributed by atoms with van der Waals surface area (Å²) in [5.74, 6) is 0.145. The van der Waals surface area contributed by atoms with Crippen molar-refractivity contribution in [1.82, 2.24) is 0 Å². The highest BCUT2D eigenvalue weighted by Crippen LogP contribution is 2.20. The SMILES string of the molecule is COC(=O)c1ccc(N)c(NCCOCC(C)C)c1. The van der Waals surface area contributed by atoms with Gasteiger partial charge in [0.25, 0.3) is 0 Å². The summed E-state index contributed by atoms with van der Waals surface area (Å²) < 4.78 is 10.1. The minimum atomic E-state index is -0.376. The lowest BCUT2D eigenvalue weighted by Crippen LogP contribution is -2.13. The zero-order valence-electron chi connectivity index (χ0n) is 11.7. The second kappa shape index (κ2) is 7.63. The van der Waals surface area contributed by atoms with E-state index in [0.717, 1.165) is 12.3 Å². The van der Waals surface area contributed by atoms with E-state index < -0.39 is 0 Å². The van der Waals surface area contributed by atoms with Gasteiger partial charge in [0.15, 0.2) is 0 Å². The molecule has 0 fully saturated rings. The summed E-state index contributed by atoms with van der Waals surface area (Å²) in [4.78, 5) is 11.4. The third kappa shape index (κ3) is 5.18. The average molecular weight is 266 g/mol. The van der Waals surface area contributed by atoms with Crippen molar-refractivity contribution >= 4 is 17.3 Å². The fourth-order valence-electron chi connectivity index (χ4n) is 1.53. The van der Waals surface area contributed by atoms with Gasteiger partial charge in [-0.3, -0.25) is 0 Å². The van der Waals surface area contributed by atoms with Gasteiger partial charge in [0.05, 0.1) is 30.7 Å².